The first-order valence-electron chi connectivity index (χ1n) is 8.14. The van der Waals surface area contributed by atoms with Crippen LogP contribution in [0, 0.1) is 0 Å². The lowest BCUT2D eigenvalue weighted by molar-refractivity contribution is -0.910. The number of ether oxygens (including phenoxy) is 1. The summed E-state index contributed by atoms with van der Waals surface area (Å²) in [6, 6.07) is 13.3. The van der Waals surface area contributed by atoms with Gasteiger partial charge in [-0.25, -0.2) is 0 Å². The zero-order valence-corrected chi connectivity index (χ0v) is 15.9. The molecule has 2 aromatic carbocycles. The topological polar surface area (TPSA) is 42.8 Å². The molecule has 0 atom stereocenters. The second-order valence-corrected chi connectivity index (χ2v) is 6.49. The molecule has 2 N–H and O–H groups in total. The van der Waals surface area contributed by atoms with Crippen LogP contribution in [0.1, 0.15) is 29.8 Å². The number of quaternary nitrogens is 1. The zero-order valence-electron chi connectivity index (χ0n) is 14.4. The minimum Gasteiger partial charge on any atom is -0.496 e. The molecule has 0 aliphatic carbocycles. The van der Waals surface area contributed by atoms with E-state index in [1.54, 1.807) is 25.3 Å². The first kappa shape index (κ1) is 18.5. The molecule has 128 valence electrons. The van der Waals surface area contributed by atoms with E-state index in [0.717, 1.165) is 29.8 Å². The number of halogens is 1. The van der Waals surface area contributed by atoms with Crippen LogP contribution in [0.15, 0.2) is 46.9 Å². The van der Waals surface area contributed by atoms with Gasteiger partial charge in [-0.15, -0.1) is 0 Å². The van der Waals surface area contributed by atoms with E-state index >= 15 is 0 Å². The quantitative estimate of drug-likeness (QED) is 0.761. The van der Waals surface area contributed by atoms with Crippen molar-refractivity contribution in [3.8, 4) is 5.75 Å². The Balaban J connectivity index is 2.02. The van der Waals surface area contributed by atoms with Crippen molar-refractivity contribution in [3.63, 3.8) is 0 Å². The molecule has 2 rings (SSSR count). The van der Waals surface area contributed by atoms with Gasteiger partial charge in [0, 0.05) is 16.8 Å². The van der Waals surface area contributed by atoms with E-state index in [0.29, 0.717) is 11.3 Å². The van der Waals surface area contributed by atoms with E-state index in [-0.39, 0.29) is 5.91 Å². The first-order chi connectivity index (χ1) is 11.6. The van der Waals surface area contributed by atoms with Gasteiger partial charge in [-0.3, -0.25) is 4.79 Å². The molecule has 0 bridgehead atoms. The van der Waals surface area contributed by atoms with E-state index in [2.05, 4.69) is 47.2 Å². The molecule has 0 spiro atoms. The molecule has 0 saturated carbocycles. The van der Waals surface area contributed by atoms with Crippen LogP contribution in [0.2, 0.25) is 0 Å². The molecule has 0 radical (unpaired) electrons. The van der Waals surface area contributed by atoms with Crippen molar-refractivity contribution in [2.45, 2.75) is 20.4 Å². The molecule has 5 heteroatoms. The molecule has 2 aromatic rings. The van der Waals surface area contributed by atoms with E-state index in [9.17, 15) is 4.79 Å². The fourth-order valence-electron chi connectivity index (χ4n) is 2.51. The molecule has 0 aliphatic heterocycles. The molecular formula is C19H24BrN2O2+. The van der Waals surface area contributed by atoms with E-state index in [1.165, 1.54) is 10.5 Å². The van der Waals surface area contributed by atoms with Gasteiger partial charge in [0.25, 0.3) is 5.91 Å². The van der Waals surface area contributed by atoms with Gasteiger partial charge < -0.3 is 15.0 Å². The summed E-state index contributed by atoms with van der Waals surface area (Å²) >= 11 is 3.40. The predicted octanol–water partition coefficient (Wildman–Crippen LogP) is 3.13. The van der Waals surface area contributed by atoms with Crippen LogP contribution in [-0.2, 0) is 6.54 Å². The van der Waals surface area contributed by atoms with Crippen molar-refractivity contribution in [1.29, 1.82) is 0 Å². The molecule has 4 nitrogen and oxygen atoms in total. The number of amides is 1. The van der Waals surface area contributed by atoms with Crippen LogP contribution < -0.4 is 15.0 Å². The molecule has 0 aliphatic rings. The smallest absolute Gasteiger partial charge is 0.255 e. The SMILES string of the molecule is CC[NH+](CC)Cc1ccc(NC(=O)c2ccc(OC)c(Br)c2)cc1. The van der Waals surface area contributed by atoms with Crippen LogP contribution in [0.25, 0.3) is 0 Å². The predicted molar refractivity (Wildman–Crippen MR) is 101 cm³/mol. The summed E-state index contributed by atoms with van der Waals surface area (Å²) in [5, 5.41) is 2.92. The maximum Gasteiger partial charge on any atom is 0.255 e. The Morgan fingerprint density at radius 2 is 1.79 bits per heavy atom. The average Bonchev–Trinajstić information content (AvgIpc) is 2.60. The third kappa shape index (κ3) is 4.82. The molecule has 0 aromatic heterocycles. The molecule has 0 unspecified atom stereocenters. The number of benzene rings is 2. The van der Waals surface area contributed by atoms with Crippen molar-refractivity contribution in [3.05, 3.63) is 58.1 Å². The van der Waals surface area contributed by atoms with Crippen LogP contribution in [0.4, 0.5) is 5.69 Å². The van der Waals surface area contributed by atoms with Gasteiger partial charge in [0.05, 0.1) is 24.7 Å². The summed E-state index contributed by atoms with van der Waals surface area (Å²) in [4.78, 5) is 13.9. The summed E-state index contributed by atoms with van der Waals surface area (Å²) in [5.41, 5.74) is 2.66. The summed E-state index contributed by atoms with van der Waals surface area (Å²) in [6.07, 6.45) is 0. The number of carbonyl (C=O) groups is 1. The van der Waals surface area contributed by atoms with Crippen molar-refractivity contribution in [1.82, 2.24) is 0 Å². The fraction of sp³-hybridized carbons (Fsp3) is 0.316. The van der Waals surface area contributed by atoms with Crippen LogP contribution in [-0.4, -0.2) is 26.1 Å². The average molecular weight is 392 g/mol. The Hall–Kier alpha value is -1.85. The maximum atomic E-state index is 12.3. The molecule has 24 heavy (non-hydrogen) atoms. The highest BCUT2D eigenvalue weighted by molar-refractivity contribution is 9.10. The molecular weight excluding hydrogens is 368 g/mol. The van der Waals surface area contributed by atoms with Crippen LogP contribution in [0.3, 0.4) is 0 Å². The Kier molecular flexibility index (Phi) is 6.82. The minimum absolute atomic E-state index is 0.138. The largest absolute Gasteiger partial charge is 0.496 e. The van der Waals surface area contributed by atoms with Crippen molar-refractivity contribution in [2.75, 3.05) is 25.5 Å². The normalized spacial score (nSPS) is 10.7. The van der Waals surface area contributed by atoms with Gasteiger partial charge in [0.15, 0.2) is 0 Å². The number of nitrogens with one attached hydrogen (secondary N) is 2. The van der Waals surface area contributed by atoms with Crippen LogP contribution >= 0.6 is 15.9 Å². The summed E-state index contributed by atoms with van der Waals surface area (Å²) in [7, 11) is 1.60. The van der Waals surface area contributed by atoms with Gasteiger partial charge >= 0.3 is 0 Å². The maximum absolute atomic E-state index is 12.3. The first-order valence-corrected chi connectivity index (χ1v) is 8.94. The van der Waals surface area contributed by atoms with Gasteiger partial charge in [-0.2, -0.15) is 0 Å². The number of methoxy groups -OCH3 is 1. The lowest BCUT2D eigenvalue weighted by Gasteiger charge is -2.15. The minimum atomic E-state index is -0.138. The van der Waals surface area contributed by atoms with Gasteiger partial charge in [0.1, 0.15) is 12.3 Å². The molecule has 0 saturated heterocycles. The highest BCUT2D eigenvalue weighted by Crippen LogP contribution is 2.25. The Bertz CT molecular complexity index is 682. The Morgan fingerprint density at radius 1 is 1.12 bits per heavy atom. The number of anilines is 1. The van der Waals surface area contributed by atoms with Crippen molar-refractivity contribution in [2.24, 2.45) is 0 Å². The van der Waals surface area contributed by atoms with Gasteiger partial charge in [0.2, 0.25) is 0 Å². The van der Waals surface area contributed by atoms with Crippen LogP contribution in [0.5, 0.6) is 5.75 Å². The molecule has 0 fully saturated rings. The fourth-order valence-corrected chi connectivity index (χ4v) is 3.05. The third-order valence-electron chi connectivity index (χ3n) is 4.08. The highest BCUT2D eigenvalue weighted by atomic mass is 79.9. The summed E-state index contributed by atoms with van der Waals surface area (Å²) in [5.74, 6) is 0.565. The van der Waals surface area contributed by atoms with E-state index < -0.39 is 0 Å². The molecule has 1 amide bonds. The lowest BCUT2D eigenvalue weighted by atomic mass is 10.1. The lowest BCUT2D eigenvalue weighted by Crippen LogP contribution is -3.10. The summed E-state index contributed by atoms with van der Waals surface area (Å²) < 4.78 is 5.94. The Morgan fingerprint density at radius 3 is 2.33 bits per heavy atom. The monoisotopic (exact) mass is 391 g/mol. The second kappa shape index (κ2) is 8.85. The standard InChI is InChI=1S/C19H23BrN2O2/c1-4-22(5-2)13-14-6-9-16(10-7-14)21-19(23)15-8-11-18(24-3)17(20)12-15/h6-12H,4-5,13H2,1-3H3,(H,21,23)/p+1. The van der Waals surface area contributed by atoms with Crippen molar-refractivity contribution >= 4 is 27.5 Å². The van der Waals surface area contributed by atoms with Gasteiger partial charge in [-0.1, -0.05) is 12.1 Å². The third-order valence-corrected chi connectivity index (χ3v) is 4.70. The van der Waals surface area contributed by atoms with E-state index in [1.807, 2.05) is 12.1 Å². The zero-order chi connectivity index (χ0) is 17.5. The number of hydrogen-bond donors (Lipinski definition) is 2. The second-order valence-electron chi connectivity index (χ2n) is 5.63. The molecule has 0 heterocycles. The van der Waals surface area contributed by atoms with Gasteiger partial charge in [-0.05, 0) is 60.1 Å². The number of hydrogen-bond acceptors (Lipinski definition) is 2. The Labute approximate surface area is 151 Å². The van der Waals surface area contributed by atoms with Crippen molar-refractivity contribution < 1.29 is 14.4 Å². The number of carbonyl (C=O) groups excluding carboxylic acids is 1. The number of rotatable bonds is 7. The highest BCUT2D eigenvalue weighted by Gasteiger charge is 2.10. The van der Waals surface area contributed by atoms with E-state index in [4.69, 9.17) is 4.74 Å². The summed E-state index contributed by atoms with van der Waals surface area (Å²) in [6.45, 7) is 7.62.